The Hall–Kier alpha value is -2.70. The Bertz CT molecular complexity index is 933. The van der Waals surface area contributed by atoms with Gasteiger partial charge in [0.1, 0.15) is 5.82 Å². The van der Waals surface area contributed by atoms with E-state index in [9.17, 15) is 9.59 Å². The minimum atomic E-state index is -0.104. The van der Waals surface area contributed by atoms with Gasteiger partial charge in [-0.1, -0.05) is 20.3 Å². The molecule has 0 aromatic carbocycles. The molecule has 1 saturated carbocycles. The van der Waals surface area contributed by atoms with Crippen LogP contribution in [0.25, 0.3) is 11.1 Å². The van der Waals surface area contributed by atoms with Crippen LogP contribution < -0.4 is 10.6 Å². The predicted molar refractivity (Wildman–Crippen MR) is 111 cm³/mol. The summed E-state index contributed by atoms with van der Waals surface area (Å²) < 4.78 is 2.08. The van der Waals surface area contributed by atoms with Crippen LogP contribution in [0.15, 0.2) is 24.5 Å². The number of hydrogen-bond acceptors (Lipinski definition) is 4. The summed E-state index contributed by atoms with van der Waals surface area (Å²) in [6.07, 6.45) is 8.01. The van der Waals surface area contributed by atoms with Crippen LogP contribution in [0, 0.1) is 11.3 Å². The van der Waals surface area contributed by atoms with E-state index in [1.54, 1.807) is 6.20 Å². The lowest BCUT2D eigenvalue weighted by molar-refractivity contribution is -0.123. The van der Waals surface area contributed by atoms with E-state index in [0.717, 1.165) is 43.4 Å². The average Bonchev–Trinajstić information content (AvgIpc) is 3.16. The third-order valence-corrected chi connectivity index (χ3v) is 5.95. The van der Waals surface area contributed by atoms with Crippen molar-refractivity contribution >= 4 is 17.6 Å². The maximum Gasteiger partial charge on any atom is 0.228 e. The molecule has 0 bridgehead atoms. The zero-order valence-electron chi connectivity index (χ0n) is 17.4. The molecule has 1 unspecified atom stereocenters. The number of amides is 2. The molecule has 2 aromatic heterocycles. The maximum absolute atomic E-state index is 12.8. The quantitative estimate of drug-likeness (QED) is 0.832. The normalized spacial score (nSPS) is 22.7. The molecule has 2 N–H and O–H groups in total. The summed E-state index contributed by atoms with van der Waals surface area (Å²) in [5.74, 6) is 0.395. The van der Waals surface area contributed by atoms with Crippen molar-refractivity contribution in [3.63, 3.8) is 0 Å². The van der Waals surface area contributed by atoms with Gasteiger partial charge >= 0.3 is 0 Å². The van der Waals surface area contributed by atoms with Crippen molar-refractivity contribution < 1.29 is 9.59 Å². The molecule has 0 saturated heterocycles. The van der Waals surface area contributed by atoms with E-state index in [0.29, 0.717) is 12.2 Å². The molecule has 1 fully saturated rings. The summed E-state index contributed by atoms with van der Waals surface area (Å²) in [5.41, 5.74) is 3.59. The summed E-state index contributed by atoms with van der Waals surface area (Å²) in [4.78, 5) is 28.5. The zero-order chi connectivity index (χ0) is 20.6. The third-order valence-electron chi connectivity index (χ3n) is 5.95. The Labute approximate surface area is 171 Å². The van der Waals surface area contributed by atoms with Gasteiger partial charge in [0.05, 0.1) is 6.20 Å². The highest BCUT2D eigenvalue weighted by molar-refractivity contribution is 5.92. The highest BCUT2D eigenvalue weighted by Crippen LogP contribution is 2.37. The van der Waals surface area contributed by atoms with Gasteiger partial charge in [-0.15, -0.1) is 0 Å². The average molecular weight is 396 g/mol. The SMILES string of the molecule is CC(=O)NC1CCC[C@@H](C(=O)Nc2cc(-c3cnn4c3CC(C)(C)C4)ccn2)C1. The minimum absolute atomic E-state index is 0.0222. The molecule has 2 amide bonds. The second kappa shape index (κ2) is 7.61. The Morgan fingerprint density at radius 1 is 1.28 bits per heavy atom. The largest absolute Gasteiger partial charge is 0.354 e. The topological polar surface area (TPSA) is 88.9 Å². The number of anilines is 1. The van der Waals surface area contributed by atoms with Crippen LogP contribution in [-0.4, -0.2) is 32.6 Å². The van der Waals surface area contributed by atoms with Gasteiger partial charge in [0.25, 0.3) is 0 Å². The summed E-state index contributed by atoms with van der Waals surface area (Å²) >= 11 is 0. The molecule has 7 nitrogen and oxygen atoms in total. The van der Waals surface area contributed by atoms with E-state index in [-0.39, 0.29) is 29.2 Å². The second-order valence-corrected chi connectivity index (χ2v) is 9.18. The molecule has 2 aromatic rings. The van der Waals surface area contributed by atoms with Crippen LogP contribution in [-0.2, 0) is 22.6 Å². The number of pyridine rings is 1. The van der Waals surface area contributed by atoms with E-state index >= 15 is 0 Å². The molecule has 0 spiro atoms. The molecule has 1 aliphatic carbocycles. The van der Waals surface area contributed by atoms with Gasteiger partial charge in [-0.2, -0.15) is 5.10 Å². The van der Waals surface area contributed by atoms with E-state index in [1.807, 2.05) is 18.3 Å². The molecule has 1 aliphatic heterocycles. The second-order valence-electron chi connectivity index (χ2n) is 9.18. The minimum Gasteiger partial charge on any atom is -0.354 e. The fourth-order valence-corrected chi connectivity index (χ4v) is 4.63. The molecule has 4 rings (SSSR count). The first kappa shape index (κ1) is 19.6. The smallest absolute Gasteiger partial charge is 0.228 e. The van der Waals surface area contributed by atoms with Crippen LogP contribution in [0.1, 0.15) is 52.1 Å². The van der Waals surface area contributed by atoms with Gasteiger partial charge in [0, 0.05) is 42.9 Å². The fraction of sp³-hybridized carbons (Fsp3) is 0.545. The lowest BCUT2D eigenvalue weighted by atomic mass is 9.85. The molecule has 0 radical (unpaired) electrons. The Morgan fingerprint density at radius 2 is 2.10 bits per heavy atom. The van der Waals surface area contributed by atoms with Crippen LogP contribution in [0.3, 0.4) is 0 Å². The van der Waals surface area contributed by atoms with Crippen molar-refractivity contribution in [2.45, 2.75) is 65.5 Å². The highest BCUT2D eigenvalue weighted by Gasteiger charge is 2.32. The monoisotopic (exact) mass is 395 g/mol. The number of rotatable bonds is 4. The molecule has 3 heterocycles. The first-order chi connectivity index (χ1) is 13.8. The molecule has 29 heavy (non-hydrogen) atoms. The van der Waals surface area contributed by atoms with Crippen molar-refractivity contribution in [3.05, 3.63) is 30.2 Å². The van der Waals surface area contributed by atoms with Gasteiger partial charge in [-0.25, -0.2) is 4.98 Å². The van der Waals surface area contributed by atoms with Crippen LogP contribution in [0.2, 0.25) is 0 Å². The first-order valence-electron chi connectivity index (χ1n) is 10.4. The fourth-order valence-electron chi connectivity index (χ4n) is 4.63. The first-order valence-corrected chi connectivity index (χ1v) is 10.4. The number of aromatic nitrogens is 3. The van der Waals surface area contributed by atoms with Crippen LogP contribution in [0.4, 0.5) is 5.82 Å². The van der Waals surface area contributed by atoms with E-state index in [2.05, 4.69) is 39.2 Å². The number of nitrogens with one attached hydrogen (secondary N) is 2. The highest BCUT2D eigenvalue weighted by atomic mass is 16.2. The van der Waals surface area contributed by atoms with Crippen molar-refractivity contribution in [1.29, 1.82) is 0 Å². The van der Waals surface area contributed by atoms with Crippen molar-refractivity contribution in [2.75, 3.05) is 5.32 Å². The number of fused-ring (bicyclic) bond motifs is 1. The number of hydrogen-bond donors (Lipinski definition) is 2. The predicted octanol–water partition coefficient (Wildman–Crippen LogP) is 3.16. The van der Waals surface area contributed by atoms with Crippen molar-refractivity contribution in [2.24, 2.45) is 11.3 Å². The summed E-state index contributed by atoms with van der Waals surface area (Å²) in [6, 6.07) is 3.97. The van der Waals surface area contributed by atoms with Crippen molar-refractivity contribution in [3.8, 4) is 11.1 Å². The lowest BCUT2D eigenvalue weighted by Crippen LogP contribution is -2.40. The molecular weight excluding hydrogens is 366 g/mol. The van der Waals surface area contributed by atoms with Gasteiger partial charge in [0.15, 0.2) is 0 Å². The van der Waals surface area contributed by atoms with Gasteiger partial charge in [-0.3, -0.25) is 14.3 Å². The molecule has 7 heteroatoms. The summed E-state index contributed by atoms with van der Waals surface area (Å²) in [6.45, 7) is 6.95. The number of nitrogens with zero attached hydrogens (tertiary/aromatic N) is 3. The summed E-state index contributed by atoms with van der Waals surface area (Å²) in [5, 5.41) is 10.5. The van der Waals surface area contributed by atoms with Gasteiger partial charge in [0.2, 0.25) is 11.8 Å². The van der Waals surface area contributed by atoms with Crippen molar-refractivity contribution in [1.82, 2.24) is 20.1 Å². The maximum atomic E-state index is 12.8. The van der Waals surface area contributed by atoms with Gasteiger partial charge in [-0.05, 0) is 48.8 Å². The van der Waals surface area contributed by atoms with E-state index in [1.165, 1.54) is 12.6 Å². The molecule has 154 valence electrons. The van der Waals surface area contributed by atoms with E-state index < -0.39 is 0 Å². The number of carbonyl (C=O) groups excluding carboxylic acids is 2. The molecule has 2 atom stereocenters. The Balaban J connectivity index is 1.46. The molecular formula is C22H29N5O2. The molecule has 2 aliphatic rings. The summed E-state index contributed by atoms with van der Waals surface area (Å²) in [7, 11) is 0. The third kappa shape index (κ3) is 4.33. The zero-order valence-corrected chi connectivity index (χ0v) is 17.4. The Morgan fingerprint density at radius 3 is 2.90 bits per heavy atom. The van der Waals surface area contributed by atoms with Gasteiger partial charge < -0.3 is 10.6 Å². The van der Waals surface area contributed by atoms with Crippen LogP contribution in [0.5, 0.6) is 0 Å². The lowest BCUT2D eigenvalue weighted by Gasteiger charge is -2.28. The van der Waals surface area contributed by atoms with E-state index in [4.69, 9.17) is 0 Å². The Kier molecular flexibility index (Phi) is 5.15. The van der Waals surface area contributed by atoms with Crippen LogP contribution >= 0.6 is 0 Å². The number of carbonyl (C=O) groups is 2. The standard InChI is InChI=1S/C22H29N5O2/c1-14(28)25-17-6-4-5-16(9-17)21(29)26-20-10-15(7-8-23-20)18-12-24-27-13-22(2,3)11-19(18)27/h7-8,10,12,16-17H,4-6,9,11,13H2,1-3H3,(H,25,28)(H,23,26,29)/t16-,17?/m1/s1.